The minimum atomic E-state index is -0.750. The van der Waals surface area contributed by atoms with Crippen molar-refractivity contribution in [3.8, 4) is 0 Å². The van der Waals surface area contributed by atoms with Gasteiger partial charge in [-0.3, -0.25) is 9.69 Å². The van der Waals surface area contributed by atoms with E-state index < -0.39 is 5.97 Å². The number of nitrogens with zero attached hydrogens (tertiary/aromatic N) is 2. The maximum Gasteiger partial charge on any atom is 0.317 e. The van der Waals surface area contributed by atoms with E-state index in [2.05, 4.69) is 31.1 Å². The molecule has 5 heteroatoms. The topological polar surface area (TPSA) is 53.4 Å². The Hall–Kier alpha value is -0.940. The van der Waals surface area contributed by atoms with Gasteiger partial charge in [0.05, 0.1) is 18.3 Å². The van der Waals surface area contributed by atoms with Gasteiger partial charge in [0.1, 0.15) is 5.01 Å². The first kappa shape index (κ1) is 14.5. The van der Waals surface area contributed by atoms with Gasteiger partial charge in [-0.1, -0.05) is 27.2 Å². The molecule has 2 heterocycles. The van der Waals surface area contributed by atoms with Crippen molar-refractivity contribution in [1.82, 2.24) is 9.88 Å². The molecule has 1 saturated heterocycles. The largest absolute Gasteiger partial charge is 0.480 e. The van der Waals surface area contributed by atoms with Crippen LogP contribution in [-0.2, 0) is 10.2 Å². The second kappa shape index (κ2) is 5.59. The zero-order valence-electron chi connectivity index (χ0n) is 11.8. The molecule has 1 aromatic heterocycles. The van der Waals surface area contributed by atoms with Crippen molar-refractivity contribution in [3.63, 3.8) is 0 Å². The van der Waals surface area contributed by atoms with Crippen LogP contribution in [0.1, 0.15) is 56.8 Å². The number of piperidine rings is 1. The van der Waals surface area contributed by atoms with Crippen molar-refractivity contribution in [3.05, 3.63) is 16.1 Å². The van der Waals surface area contributed by atoms with Crippen LogP contribution >= 0.6 is 11.3 Å². The maximum absolute atomic E-state index is 11.0. The average Bonchev–Trinajstić information content (AvgIpc) is 2.77. The molecule has 1 aliphatic heterocycles. The lowest BCUT2D eigenvalue weighted by molar-refractivity contribution is -0.139. The van der Waals surface area contributed by atoms with E-state index in [0.29, 0.717) is 0 Å². The summed E-state index contributed by atoms with van der Waals surface area (Å²) >= 11 is 1.67. The molecule has 0 saturated carbocycles. The van der Waals surface area contributed by atoms with E-state index >= 15 is 0 Å². The number of thiazole rings is 1. The molecular formula is C14H22N2O2S. The monoisotopic (exact) mass is 282 g/mol. The number of carboxylic acids is 1. The summed E-state index contributed by atoms with van der Waals surface area (Å²) in [5, 5.41) is 12.2. The average molecular weight is 282 g/mol. The SMILES string of the molecule is CC(C)(C)c1csc(C2CCCCN2CC(=O)O)n1. The highest BCUT2D eigenvalue weighted by molar-refractivity contribution is 7.09. The van der Waals surface area contributed by atoms with Crippen LogP contribution in [0.4, 0.5) is 0 Å². The van der Waals surface area contributed by atoms with Crippen LogP contribution in [0.15, 0.2) is 5.38 Å². The second-order valence-electron chi connectivity index (χ2n) is 6.20. The lowest BCUT2D eigenvalue weighted by Gasteiger charge is -2.33. The van der Waals surface area contributed by atoms with E-state index in [1.54, 1.807) is 11.3 Å². The van der Waals surface area contributed by atoms with Gasteiger partial charge in [-0.25, -0.2) is 4.98 Å². The summed E-state index contributed by atoms with van der Waals surface area (Å²) in [5.41, 5.74) is 1.16. The Morgan fingerprint density at radius 1 is 1.53 bits per heavy atom. The number of rotatable bonds is 3. The third kappa shape index (κ3) is 3.54. The molecule has 0 spiro atoms. The second-order valence-corrected chi connectivity index (χ2v) is 7.09. The van der Waals surface area contributed by atoms with Crippen molar-refractivity contribution in [2.75, 3.05) is 13.1 Å². The summed E-state index contributed by atoms with van der Waals surface area (Å²) in [4.78, 5) is 17.7. The molecule has 0 bridgehead atoms. The van der Waals surface area contributed by atoms with Gasteiger partial charge < -0.3 is 5.11 Å². The quantitative estimate of drug-likeness (QED) is 0.925. The highest BCUT2D eigenvalue weighted by Crippen LogP contribution is 2.34. The lowest BCUT2D eigenvalue weighted by atomic mass is 9.93. The van der Waals surface area contributed by atoms with Gasteiger partial charge in [-0.2, -0.15) is 0 Å². The minimum absolute atomic E-state index is 0.0566. The summed E-state index contributed by atoms with van der Waals surface area (Å²) in [6.45, 7) is 7.45. The van der Waals surface area contributed by atoms with Crippen molar-refractivity contribution < 1.29 is 9.90 Å². The van der Waals surface area contributed by atoms with Crippen LogP contribution in [0.25, 0.3) is 0 Å². The normalized spacial score (nSPS) is 21.5. The smallest absolute Gasteiger partial charge is 0.317 e. The van der Waals surface area contributed by atoms with Crippen LogP contribution in [0.5, 0.6) is 0 Å². The van der Waals surface area contributed by atoms with E-state index in [1.807, 2.05) is 0 Å². The first-order chi connectivity index (χ1) is 8.88. The fourth-order valence-electron chi connectivity index (χ4n) is 2.42. The number of hydrogen-bond donors (Lipinski definition) is 1. The zero-order valence-corrected chi connectivity index (χ0v) is 12.7. The maximum atomic E-state index is 11.0. The predicted molar refractivity (Wildman–Crippen MR) is 76.6 cm³/mol. The minimum Gasteiger partial charge on any atom is -0.480 e. The molecule has 0 aliphatic carbocycles. The Bertz CT molecular complexity index is 451. The Morgan fingerprint density at radius 2 is 2.26 bits per heavy atom. The standard InChI is InChI=1S/C14H22N2O2S/c1-14(2,3)11-9-19-13(15-11)10-6-4-5-7-16(10)8-12(17)18/h9-10H,4-8H2,1-3H3,(H,17,18). The summed E-state index contributed by atoms with van der Waals surface area (Å²) in [6.07, 6.45) is 3.26. The molecule has 1 aromatic rings. The summed E-state index contributed by atoms with van der Waals surface area (Å²) < 4.78 is 0. The molecule has 1 N–H and O–H groups in total. The van der Waals surface area contributed by atoms with Crippen molar-refractivity contribution in [2.45, 2.75) is 51.5 Å². The summed E-state index contributed by atoms with van der Waals surface area (Å²) in [7, 11) is 0. The highest BCUT2D eigenvalue weighted by Gasteiger charge is 2.29. The molecule has 1 atom stereocenters. The van der Waals surface area contributed by atoms with Crippen LogP contribution in [0, 0.1) is 0 Å². The van der Waals surface area contributed by atoms with Crippen molar-refractivity contribution in [2.24, 2.45) is 0 Å². The fraction of sp³-hybridized carbons (Fsp3) is 0.714. The van der Waals surface area contributed by atoms with E-state index in [-0.39, 0.29) is 18.0 Å². The third-order valence-electron chi connectivity index (χ3n) is 3.53. The van der Waals surface area contributed by atoms with E-state index in [4.69, 9.17) is 10.1 Å². The lowest BCUT2D eigenvalue weighted by Crippen LogP contribution is -2.37. The van der Waals surface area contributed by atoms with Gasteiger partial charge >= 0.3 is 5.97 Å². The molecule has 0 radical (unpaired) electrons. The number of carboxylic acid groups (broad SMARTS) is 1. The Kier molecular flexibility index (Phi) is 4.26. The highest BCUT2D eigenvalue weighted by atomic mass is 32.1. The van der Waals surface area contributed by atoms with E-state index in [9.17, 15) is 4.79 Å². The molecule has 1 fully saturated rings. The van der Waals surface area contributed by atoms with Crippen LogP contribution < -0.4 is 0 Å². The molecule has 1 aliphatic rings. The molecule has 106 valence electrons. The Labute approximate surface area is 118 Å². The van der Waals surface area contributed by atoms with E-state index in [1.165, 1.54) is 0 Å². The molecule has 0 aromatic carbocycles. The molecule has 0 amide bonds. The predicted octanol–water partition coefficient (Wildman–Crippen LogP) is 3.05. The zero-order chi connectivity index (χ0) is 14.0. The first-order valence-electron chi connectivity index (χ1n) is 6.79. The summed E-state index contributed by atoms with van der Waals surface area (Å²) in [5.74, 6) is -0.750. The van der Waals surface area contributed by atoms with Gasteiger partial charge in [0, 0.05) is 10.8 Å². The number of aromatic nitrogens is 1. The van der Waals surface area contributed by atoms with Crippen molar-refractivity contribution in [1.29, 1.82) is 0 Å². The van der Waals surface area contributed by atoms with Crippen LogP contribution in [-0.4, -0.2) is 34.0 Å². The first-order valence-corrected chi connectivity index (χ1v) is 7.67. The van der Waals surface area contributed by atoms with Crippen LogP contribution in [0.3, 0.4) is 0 Å². The third-order valence-corrected chi connectivity index (χ3v) is 4.47. The molecule has 2 rings (SSSR count). The number of hydrogen-bond acceptors (Lipinski definition) is 4. The Balaban J connectivity index is 2.18. The molecule has 4 nitrogen and oxygen atoms in total. The fourth-order valence-corrected chi connectivity index (χ4v) is 3.63. The van der Waals surface area contributed by atoms with E-state index in [0.717, 1.165) is 36.5 Å². The van der Waals surface area contributed by atoms with Gasteiger partial charge in [0.15, 0.2) is 0 Å². The molecule has 1 unspecified atom stereocenters. The van der Waals surface area contributed by atoms with Gasteiger partial charge in [-0.15, -0.1) is 11.3 Å². The number of likely N-dealkylation sites (tertiary alicyclic amines) is 1. The molecular weight excluding hydrogens is 260 g/mol. The van der Waals surface area contributed by atoms with Gasteiger partial charge in [-0.05, 0) is 19.4 Å². The van der Waals surface area contributed by atoms with Gasteiger partial charge in [0.2, 0.25) is 0 Å². The molecule has 19 heavy (non-hydrogen) atoms. The number of aliphatic carboxylic acids is 1. The number of carbonyl (C=O) groups is 1. The van der Waals surface area contributed by atoms with Gasteiger partial charge in [0.25, 0.3) is 0 Å². The van der Waals surface area contributed by atoms with Crippen LogP contribution in [0.2, 0.25) is 0 Å². The Morgan fingerprint density at radius 3 is 2.84 bits per heavy atom. The summed E-state index contributed by atoms with van der Waals surface area (Å²) in [6, 6.07) is 0.186. The van der Waals surface area contributed by atoms with Crippen molar-refractivity contribution >= 4 is 17.3 Å².